The van der Waals surface area contributed by atoms with Gasteiger partial charge >= 0.3 is 6.18 Å². The third-order valence-electron chi connectivity index (χ3n) is 6.31. The molecule has 4 aromatic rings. The molecule has 0 saturated heterocycles. The molecule has 11 heteroatoms. The lowest BCUT2D eigenvalue weighted by Crippen LogP contribution is -2.25. The summed E-state index contributed by atoms with van der Waals surface area (Å²) < 4.78 is 43.3. The van der Waals surface area contributed by atoms with Crippen LogP contribution in [0.2, 0.25) is 0 Å². The average Bonchev–Trinajstić information content (AvgIpc) is 3.45. The van der Waals surface area contributed by atoms with Crippen LogP contribution in [0.25, 0.3) is 22.5 Å². The molecule has 190 valence electrons. The molecule has 3 heterocycles. The van der Waals surface area contributed by atoms with Crippen LogP contribution in [0.15, 0.2) is 54.9 Å². The van der Waals surface area contributed by atoms with Crippen molar-refractivity contribution in [1.82, 2.24) is 19.7 Å². The molecule has 0 saturated carbocycles. The second-order valence-electron chi connectivity index (χ2n) is 8.99. The van der Waals surface area contributed by atoms with Gasteiger partial charge in [-0.05, 0) is 46.5 Å². The minimum atomic E-state index is -4.68. The number of aryl methyl sites for hydroxylation is 1. The number of carbonyl (C=O) groups is 1. The lowest BCUT2D eigenvalue weighted by atomic mass is 9.99. The summed E-state index contributed by atoms with van der Waals surface area (Å²) in [6, 6.07) is 13.3. The van der Waals surface area contributed by atoms with E-state index in [0.29, 0.717) is 17.2 Å². The van der Waals surface area contributed by atoms with Gasteiger partial charge in [-0.25, -0.2) is 4.98 Å². The van der Waals surface area contributed by atoms with Crippen LogP contribution in [0.4, 0.5) is 24.8 Å². The number of aromatic nitrogens is 4. The number of carbonyl (C=O) groups excluding carboxylic acids is 1. The molecule has 0 radical (unpaired) electrons. The highest BCUT2D eigenvalue weighted by molar-refractivity contribution is 6.10. The van der Waals surface area contributed by atoms with Gasteiger partial charge in [0.15, 0.2) is 5.82 Å². The van der Waals surface area contributed by atoms with Crippen LogP contribution >= 0.6 is 0 Å². The van der Waals surface area contributed by atoms with Gasteiger partial charge in [0.2, 0.25) is 0 Å². The number of alkyl halides is 3. The molecule has 1 amide bonds. The van der Waals surface area contributed by atoms with E-state index in [0.717, 1.165) is 17.2 Å². The van der Waals surface area contributed by atoms with Gasteiger partial charge in [0, 0.05) is 32.3 Å². The van der Waals surface area contributed by atoms with E-state index in [1.807, 2.05) is 37.4 Å². The molecule has 2 aromatic heterocycles. The van der Waals surface area contributed by atoms with Crippen LogP contribution < -0.4 is 9.80 Å². The summed E-state index contributed by atoms with van der Waals surface area (Å²) in [6.45, 7) is -0.899. The van der Waals surface area contributed by atoms with E-state index in [2.05, 4.69) is 15.2 Å². The molecular weight excluding hydrogens is 485 g/mol. The van der Waals surface area contributed by atoms with E-state index in [1.165, 1.54) is 11.0 Å². The molecule has 2 aromatic carbocycles. The zero-order chi connectivity index (χ0) is 26.5. The first-order valence-electron chi connectivity index (χ1n) is 11.4. The second kappa shape index (κ2) is 9.00. The highest BCUT2D eigenvalue weighted by Crippen LogP contribution is 2.41. The summed E-state index contributed by atoms with van der Waals surface area (Å²) in [7, 11) is 5.41. The molecule has 1 aliphatic rings. The first-order chi connectivity index (χ1) is 17.6. The monoisotopic (exact) mass is 508 g/mol. The molecule has 0 aliphatic carbocycles. The van der Waals surface area contributed by atoms with Crippen molar-refractivity contribution in [2.75, 3.05) is 23.9 Å². The minimum absolute atomic E-state index is 0.0227. The number of hydrogen-bond donors (Lipinski definition) is 1. The number of aliphatic hydroxyl groups excluding tert-OH is 1. The van der Waals surface area contributed by atoms with Gasteiger partial charge in [0.05, 0.1) is 18.7 Å². The number of fused-ring (bicyclic) bond motifs is 1. The Bertz CT molecular complexity index is 1510. The SMILES string of the molecule is CN(C)c1cc(-c2ccccc2-c2nncn2C)cc(N2Cc3c(cc(CO)cc3C(F)(F)F)C2=O)n1. The first-order valence-corrected chi connectivity index (χ1v) is 11.4. The Morgan fingerprint density at radius 1 is 1.05 bits per heavy atom. The van der Waals surface area contributed by atoms with Crippen LogP contribution in [-0.4, -0.2) is 44.9 Å². The number of aliphatic hydroxyl groups is 1. The van der Waals surface area contributed by atoms with Crippen molar-refractivity contribution in [3.63, 3.8) is 0 Å². The normalized spacial score (nSPS) is 13.3. The summed E-state index contributed by atoms with van der Waals surface area (Å²) >= 11 is 0. The van der Waals surface area contributed by atoms with Gasteiger partial charge in [-0.3, -0.25) is 9.69 Å². The lowest BCUT2D eigenvalue weighted by molar-refractivity contribution is -0.138. The third kappa shape index (κ3) is 4.31. The van der Waals surface area contributed by atoms with Gasteiger partial charge in [-0.2, -0.15) is 13.2 Å². The van der Waals surface area contributed by atoms with Crippen molar-refractivity contribution in [2.45, 2.75) is 19.3 Å². The molecule has 0 atom stereocenters. The molecule has 1 N–H and O–H groups in total. The maximum absolute atomic E-state index is 13.8. The molecule has 1 aliphatic heterocycles. The van der Waals surface area contributed by atoms with E-state index in [1.54, 1.807) is 36.0 Å². The van der Waals surface area contributed by atoms with Crippen molar-refractivity contribution >= 4 is 17.5 Å². The van der Waals surface area contributed by atoms with Crippen LogP contribution in [-0.2, 0) is 26.4 Å². The average molecular weight is 509 g/mol. The molecule has 8 nitrogen and oxygen atoms in total. The van der Waals surface area contributed by atoms with Crippen molar-refractivity contribution in [3.05, 3.63) is 77.1 Å². The highest BCUT2D eigenvalue weighted by atomic mass is 19.4. The van der Waals surface area contributed by atoms with Gasteiger partial charge in [0.25, 0.3) is 5.91 Å². The molecule has 0 bridgehead atoms. The van der Waals surface area contributed by atoms with Gasteiger partial charge in [-0.15, -0.1) is 10.2 Å². The molecule has 0 fully saturated rings. The van der Waals surface area contributed by atoms with Crippen LogP contribution in [0.5, 0.6) is 0 Å². The number of rotatable bonds is 5. The number of amides is 1. The molecule has 5 rings (SSSR count). The van der Waals surface area contributed by atoms with Crippen LogP contribution in [0, 0.1) is 0 Å². The maximum Gasteiger partial charge on any atom is 0.416 e. The lowest BCUT2D eigenvalue weighted by Gasteiger charge is -2.21. The summed E-state index contributed by atoms with van der Waals surface area (Å²) in [5, 5.41) is 17.7. The Morgan fingerprint density at radius 3 is 2.41 bits per heavy atom. The maximum atomic E-state index is 13.8. The zero-order valence-corrected chi connectivity index (χ0v) is 20.3. The smallest absolute Gasteiger partial charge is 0.392 e. The van der Waals surface area contributed by atoms with E-state index < -0.39 is 24.3 Å². The number of benzene rings is 2. The fourth-order valence-corrected chi connectivity index (χ4v) is 4.48. The van der Waals surface area contributed by atoms with Crippen LogP contribution in [0.3, 0.4) is 0 Å². The Kier molecular flexibility index (Phi) is 5.95. The summed E-state index contributed by atoms with van der Waals surface area (Å²) in [6.07, 6.45) is -3.08. The van der Waals surface area contributed by atoms with Gasteiger partial charge in [0.1, 0.15) is 18.0 Å². The number of pyridine rings is 1. The first kappa shape index (κ1) is 24.4. The second-order valence-corrected chi connectivity index (χ2v) is 8.99. The fourth-order valence-electron chi connectivity index (χ4n) is 4.48. The van der Waals surface area contributed by atoms with E-state index in [4.69, 9.17) is 0 Å². The van der Waals surface area contributed by atoms with Crippen molar-refractivity contribution in [1.29, 1.82) is 0 Å². The fraction of sp³-hybridized carbons (Fsp3) is 0.231. The third-order valence-corrected chi connectivity index (χ3v) is 6.31. The number of anilines is 2. The standard InChI is InChI=1S/C26H23F3N6O2/c1-33(2)22-10-16(17-6-4-5-7-18(17)24-32-30-14-34(24)3)11-23(31-22)35-12-20-19(25(35)37)8-15(13-36)9-21(20)26(27,28)29/h4-11,14,36H,12-13H2,1-3H3. The summed E-state index contributed by atoms with van der Waals surface area (Å²) in [5.74, 6) is 0.771. The van der Waals surface area contributed by atoms with Gasteiger partial charge < -0.3 is 14.6 Å². The van der Waals surface area contributed by atoms with E-state index in [-0.39, 0.29) is 29.1 Å². The highest BCUT2D eigenvalue weighted by Gasteiger charge is 2.41. The molecule has 37 heavy (non-hydrogen) atoms. The summed E-state index contributed by atoms with van der Waals surface area (Å²) in [5.41, 5.74) is 1.18. The number of nitrogens with zero attached hydrogens (tertiary/aromatic N) is 6. The molecule has 0 spiro atoms. The predicted molar refractivity (Wildman–Crippen MR) is 132 cm³/mol. The number of halogens is 3. The van der Waals surface area contributed by atoms with Crippen molar-refractivity contribution < 1.29 is 23.1 Å². The zero-order valence-electron chi connectivity index (χ0n) is 20.3. The Labute approximate surface area is 210 Å². The molecular formula is C26H23F3N6O2. The molecule has 0 unspecified atom stereocenters. The Balaban J connectivity index is 1.65. The summed E-state index contributed by atoms with van der Waals surface area (Å²) in [4.78, 5) is 21.0. The number of hydrogen-bond acceptors (Lipinski definition) is 6. The minimum Gasteiger partial charge on any atom is -0.392 e. The van der Waals surface area contributed by atoms with Crippen molar-refractivity contribution in [2.24, 2.45) is 7.05 Å². The topological polar surface area (TPSA) is 87.4 Å². The van der Waals surface area contributed by atoms with E-state index >= 15 is 0 Å². The van der Waals surface area contributed by atoms with Crippen molar-refractivity contribution in [3.8, 4) is 22.5 Å². The van der Waals surface area contributed by atoms with Crippen LogP contribution in [0.1, 0.15) is 27.0 Å². The largest absolute Gasteiger partial charge is 0.416 e. The Hall–Kier alpha value is -4.25. The van der Waals surface area contributed by atoms with Gasteiger partial charge in [-0.1, -0.05) is 24.3 Å². The quantitative estimate of drug-likeness (QED) is 0.433. The van der Waals surface area contributed by atoms with E-state index in [9.17, 15) is 23.1 Å². The Morgan fingerprint density at radius 2 is 1.78 bits per heavy atom. The predicted octanol–water partition coefficient (Wildman–Crippen LogP) is 4.28.